The van der Waals surface area contributed by atoms with Gasteiger partial charge in [0.2, 0.25) is 0 Å². The number of nitrogens with zero attached hydrogens (tertiary/aromatic N) is 2. The van der Waals surface area contributed by atoms with E-state index in [1.807, 2.05) is 44.2 Å². The van der Waals surface area contributed by atoms with Crippen LogP contribution in [-0.2, 0) is 4.74 Å². The molecule has 5 nitrogen and oxygen atoms in total. The van der Waals surface area contributed by atoms with E-state index in [0.29, 0.717) is 25.3 Å². The highest BCUT2D eigenvalue weighted by molar-refractivity contribution is 6.06. The van der Waals surface area contributed by atoms with E-state index in [2.05, 4.69) is 10.3 Å². The standard InChI is InChI=1S/C18H23N3O2/c1-4-21(17-7-5-6-14(2)10-17)18(22)15-11-16(13-19-12-15)20-8-9-23-3/h5-7,10-13,20H,4,8-9H2,1-3H3. The van der Waals surface area contributed by atoms with Crippen molar-refractivity contribution in [2.75, 3.05) is 37.0 Å². The SMILES string of the molecule is CCN(C(=O)c1cncc(NCCOC)c1)c1cccc(C)c1. The summed E-state index contributed by atoms with van der Waals surface area (Å²) in [6, 6.07) is 9.76. The maximum absolute atomic E-state index is 12.8. The Bertz CT molecular complexity index is 658. The van der Waals surface area contributed by atoms with Gasteiger partial charge in [0.05, 0.1) is 17.9 Å². The molecule has 0 saturated carbocycles. The van der Waals surface area contributed by atoms with Crippen molar-refractivity contribution >= 4 is 17.3 Å². The molecular formula is C18H23N3O2. The number of amides is 1. The van der Waals surface area contributed by atoms with Crippen molar-refractivity contribution in [1.82, 2.24) is 4.98 Å². The highest BCUT2D eigenvalue weighted by Crippen LogP contribution is 2.19. The van der Waals surface area contributed by atoms with Crippen molar-refractivity contribution in [3.8, 4) is 0 Å². The number of carbonyl (C=O) groups excluding carboxylic acids is 1. The fraction of sp³-hybridized carbons (Fsp3) is 0.333. The largest absolute Gasteiger partial charge is 0.383 e. The number of methoxy groups -OCH3 is 1. The molecule has 0 aliphatic carbocycles. The summed E-state index contributed by atoms with van der Waals surface area (Å²) in [5, 5.41) is 3.19. The normalized spacial score (nSPS) is 10.4. The fourth-order valence-electron chi connectivity index (χ4n) is 2.35. The zero-order chi connectivity index (χ0) is 16.7. The van der Waals surface area contributed by atoms with Crippen LogP contribution in [0.2, 0.25) is 0 Å². The molecule has 1 N–H and O–H groups in total. The first-order valence-corrected chi connectivity index (χ1v) is 7.72. The number of hydrogen-bond donors (Lipinski definition) is 1. The van der Waals surface area contributed by atoms with Crippen LogP contribution in [-0.4, -0.2) is 37.7 Å². The first kappa shape index (κ1) is 17.0. The summed E-state index contributed by atoms with van der Waals surface area (Å²) in [6.45, 7) is 5.86. The Hall–Kier alpha value is -2.40. The summed E-state index contributed by atoms with van der Waals surface area (Å²) >= 11 is 0. The molecule has 0 radical (unpaired) electrons. The number of aryl methyl sites for hydroxylation is 1. The van der Waals surface area contributed by atoms with Crippen LogP contribution in [0.15, 0.2) is 42.7 Å². The molecule has 1 amide bonds. The van der Waals surface area contributed by atoms with Gasteiger partial charge in [-0.1, -0.05) is 12.1 Å². The molecule has 1 aromatic carbocycles. The lowest BCUT2D eigenvalue weighted by molar-refractivity contribution is 0.0988. The molecule has 0 bridgehead atoms. The first-order valence-electron chi connectivity index (χ1n) is 7.72. The molecule has 1 aromatic heterocycles. The summed E-state index contributed by atoms with van der Waals surface area (Å²) in [4.78, 5) is 18.7. The van der Waals surface area contributed by atoms with Crippen LogP contribution < -0.4 is 10.2 Å². The Morgan fingerprint density at radius 3 is 2.83 bits per heavy atom. The molecule has 5 heteroatoms. The number of rotatable bonds is 7. The Labute approximate surface area is 137 Å². The fourth-order valence-corrected chi connectivity index (χ4v) is 2.35. The highest BCUT2D eigenvalue weighted by atomic mass is 16.5. The van der Waals surface area contributed by atoms with Crippen molar-refractivity contribution in [2.45, 2.75) is 13.8 Å². The maximum atomic E-state index is 12.8. The second-order valence-electron chi connectivity index (χ2n) is 5.27. The molecule has 23 heavy (non-hydrogen) atoms. The van der Waals surface area contributed by atoms with Crippen LogP contribution >= 0.6 is 0 Å². The van der Waals surface area contributed by atoms with Crippen molar-refractivity contribution < 1.29 is 9.53 Å². The minimum atomic E-state index is -0.0546. The monoisotopic (exact) mass is 313 g/mol. The number of ether oxygens (including phenoxy) is 1. The lowest BCUT2D eigenvalue weighted by Gasteiger charge is -2.21. The number of carbonyl (C=O) groups is 1. The predicted octanol–water partition coefficient (Wildman–Crippen LogP) is 3.12. The zero-order valence-electron chi connectivity index (χ0n) is 13.9. The average molecular weight is 313 g/mol. The van der Waals surface area contributed by atoms with Crippen LogP contribution in [0, 0.1) is 6.92 Å². The van der Waals surface area contributed by atoms with E-state index < -0.39 is 0 Å². The molecule has 0 saturated heterocycles. The van der Waals surface area contributed by atoms with Crippen LogP contribution in [0.3, 0.4) is 0 Å². The first-order chi connectivity index (χ1) is 11.2. The van der Waals surface area contributed by atoms with E-state index in [-0.39, 0.29) is 5.91 Å². The summed E-state index contributed by atoms with van der Waals surface area (Å²) in [5.41, 5.74) is 3.40. The number of pyridine rings is 1. The van der Waals surface area contributed by atoms with Gasteiger partial charge in [0.25, 0.3) is 5.91 Å². The molecule has 1 heterocycles. The van der Waals surface area contributed by atoms with Gasteiger partial charge in [-0.15, -0.1) is 0 Å². The van der Waals surface area contributed by atoms with Crippen LogP contribution in [0.1, 0.15) is 22.8 Å². The van der Waals surface area contributed by atoms with Crippen LogP contribution in [0.5, 0.6) is 0 Å². The van der Waals surface area contributed by atoms with Gasteiger partial charge in [-0.25, -0.2) is 0 Å². The Morgan fingerprint density at radius 2 is 2.13 bits per heavy atom. The quantitative estimate of drug-likeness (QED) is 0.798. The maximum Gasteiger partial charge on any atom is 0.259 e. The topological polar surface area (TPSA) is 54.5 Å². The number of hydrogen-bond acceptors (Lipinski definition) is 4. The molecule has 0 atom stereocenters. The van der Waals surface area contributed by atoms with E-state index >= 15 is 0 Å². The van der Waals surface area contributed by atoms with Gasteiger partial charge in [-0.05, 0) is 37.6 Å². The summed E-state index contributed by atoms with van der Waals surface area (Å²) < 4.78 is 5.01. The number of benzene rings is 1. The van der Waals surface area contributed by atoms with Gasteiger partial charge in [-0.2, -0.15) is 0 Å². The lowest BCUT2D eigenvalue weighted by Crippen LogP contribution is -2.30. The zero-order valence-corrected chi connectivity index (χ0v) is 13.9. The molecule has 2 rings (SSSR count). The van der Waals surface area contributed by atoms with Crippen molar-refractivity contribution in [3.63, 3.8) is 0 Å². The molecule has 0 aliphatic rings. The summed E-state index contributed by atoms with van der Waals surface area (Å²) in [5.74, 6) is -0.0546. The Kier molecular flexibility index (Phi) is 6.11. The van der Waals surface area contributed by atoms with E-state index in [4.69, 9.17) is 4.74 Å². The van der Waals surface area contributed by atoms with Crippen LogP contribution in [0.25, 0.3) is 0 Å². The van der Waals surface area contributed by atoms with Crippen LogP contribution in [0.4, 0.5) is 11.4 Å². The number of nitrogens with one attached hydrogen (secondary N) is 1. The molecule has 0 aliphatic heterocycles. The second-order valence-corrected chi connectivity index (χ2v) is 5.27. The smallest absolute Gasteiger partial charge is 0.259 e. The van der Waals surface area contributed by atoms with Gasteiger partial charge in [0, 0.05) is 38.3 Å². The van der Waals surface area contributed by atoms with Gasteiger partial charge >= 0.3 is 0 Å². The van der Waals surface area contributed by atoms with E-state index in [1.54, 1.807) is 24.4 Å². The number of aromatic nitrogens is 1. The minimum Gasteiger partial charge on any atom is -0.383 e. The summed E-state index contributed by atoms with van der Waals surface area (Å²) in [7, 11) is 1.65. The third kappa shape index (κ3) is 4.53. The van der Waals surface area contributed by atoms with Gasteiger partial charge in [0.15, 0.2) is 0 Å². The molecule has 2 aromatic rings. The van der Waals surface area contributed by atoms with Gasteiger partial charge in [-0.3, -0.25) is 9.78 Å². The second kappa shape index (κ2) is 8.29. The number of anilines is 2. The predicted molar refractivity (Wildman–Crippen MR) is 93.1 cm³/mol. The van der Waals surface area contributed by atoms with Crippen molar-refractivity contribution in [2.24, 2.45) is 0 Å². The van der Waals surface area contributed by atoms with E-state index in [0.717, 1.165) is 16.9 Å². The van der Waals surface area contributed by atoms with Crippen molar-refractivity contribution in [1.29, 1.82) is 0 Å². The average Bonchev–Trinajstić information content (AvgIpc) is 2.56. The third-order valence-electron chi connectivity index (χ3n) is 3.50. The molecule has 122 valence electrons. The molecule has 0 spiro atoms. The summed E-state index contributed by atoms with van der Waals surface area (Å²) in [6.07, 6.45) is 3.30. The highest BCUT2D eigenvalue weighted by Gasteiger charge is 2.17. The molecular weight excluding hydrogens is 290 g/mol. The Morgan fingerprint density at radius 1 is 1.30 bits per heavy atom. The van der Waals surface area contributed by atoms with Gasteiger partial charge < -0.3 is 15.0 Å². The van der Waals surface area contributed by atoms with E-state index in [1.165, 1.54) is 0 Å². The molecule has 0 fully saturated rings. The molecule has 0 unspecified atom stereocenters. The van der Waals surface area contributed by atoms with E-state index in [9.17, 15) is 4.79 Å². The lowest BCUT2D eigenvalue weighted by atomic mass is 10.1. The van der Waals surface area contributed by atoms with Crippen molar-refractivity contribution in [3.05, 3.63) is 53.9 Å². The Balaban J connectivity index is 2.19. The third-order valence-corrected chi connectivity index (χ3v) is 3.50. The van der Waals surface area contributed by atoms with Gasteiger partial charge in [0.1, 0.15) is 0 Å². The minimum absolute atomic E-state index is 0.0546.